The van der Waals surface area contributed by atoms with Crippen molar-refractivity contribution in [1.82, 2.24) is 20.2 Å². The van der Waals surface area contributed by atoms with E-state index in [1.807, 2.05) is 49.4 Å². The summed E-state index contributed by atoms with van der Waals surface area (Å²) in [5, 5.41) is 14.9. The van der Waals surface area contributed by atoms with Gasteiger partial charge < -0.3 is 15.4 Å². The van der Waals surface area contributed by atoms with Crippen LogP contribution in [0.2, 0.25) is 0 Å². The number of hydrogen-bond acceptors (Lipinski definition) is 6. The van der Waals surface area contributed by atoms with E-state index in [0.29, 0.717) is 30.5 Å². The Kier molecular flexibility index (Phi) is 7.87. The average molecular weight is 550 g/mol. The third-order valence-electron chi connectivity index (χ3n) is 6.92. The Morgan fingerprint density at radius 1 is 1.00 bits per heavy atom. The maximum Gasteiger partial charge on any atom is 0.332 e. The fourth-order valence-corrected chi connectivity index (χ4v) is 4.64. The summed E-state index contributed by atoms with van der Waals surface area (Å²) in [7, 11) is 1.79. The predicted molar refractivity (Wildman–Crippen MR) is 164 cm³/mol. The van der Waals surface area contributed by atoms with Gasteiger partial charge in [0, 0.05) is 42.2 Å². The van der Waals surface area contributed by atoms with Gasteiger partial charge in [0.25, 0.3) is 0 Å². The summed E-state index contributed by atoms with van der Waals surface area (Å²) in [4.78, 5) is 24.2. The Balaban J connectivity index is 1.42. The van der Waals surface area contributed by atoms with E-state index in [2.05, 4.69) is 69.8 Å². The molecule has 0 unspecified atom stereocenters. The number of nitrogens with one attached hydrogen (secondary N) is 3. The number of carbonyl (C=O) groups excluding carboxylic acids is 1. The van der Waals surface area contributed by atoms with E-state index in [1.54, 1.807) is 30.4 Å². The standard InChI is InChI=1S/C32H35N7O2/c1-21-10-11-22(32(2,3)4)20-27(21)39(29-15-18-35-38-29)31(40)37-26-12-13-28(25-9-7-6-8-24(25)26)41-19-16-23-14-17-34-30(33-5)36-23/h6-15,17-18,20H,16,19H2,1-5H3,(H,35,38)(H,37,40)(H,33,34,36). The van der Waals surface area contributed by atoms with Crippen molar-refractivity contribution in [2.75, 3.05) is 29.2 Å². The molecule has 2 aromatic heterocycles. The van der Waals surface area contributed by atoms with Gasteiger partial charge in [-0.25, -0.2) is 19.7 Å². The molecular formula is C32H35N7O2. The third-order valence-corrected chi connectivity index (χ3v) is 6.92. The van der Waals surface area contributed by atoms with Crippen LogP contribution in [0, 0.1) is 6.92 Å². The summed E-state index contributed by atoms with van der Waals surface area (Å²) in [5.41, 5.74) is 4.39. The molecule has 210 valence electrons. The molecule has 9 nitrogen and oxygen atoms in total. The number of ether oxygens (including phenoxy) is 1. The fourth-order valence-electron chi connectivity index (χ4n) is 4.64. The largest absolute Gasteiger partial charge is 0.493 e. The topological polar surface area (TPSA) is 108 Å². The number of aryl methyl sites for hydroxylation is 1. The van der Waals surface area contributed by atoms with Crippen molar-refractivity contribution in [2.24, 2.45) is 0 Å². The smallest absolute Gasteiger partial charge is 0.332 e. The Hall–Kier alpha value is -4.92. The molecule has 0 fully saturated rings. The molecule has 0 spiro atoms. The van der Waals surface area contributed by atoms with Crippen LogP contribution in [0.3, 0.4) is 0 Å². The molecule has 0 radical (unpaired) electrons. The van der Waals surface area contributed by atoms with Crippen molar-refractivity contribution in [1.29, 1.82) is 0 Å². The second kappa shape index (κ2) is 11.7. The Morgan fingerprint density at radius 2 is 1.80 bits per heavy atom. The van der Waals surface area contributed by atoms with E-state index in [4.69, 9.17) is 4.74 Å². The molecule has 0 aliphatic rings. The molecular weight excluding hydrogens is 514 g/mol. The summed E-state index contributed by atoms with van der Waals surface area (Å²) in [6.07, 6.45) is 4.01. The molecule has 3 aromatic carbocycles. The number of aromatic amines is 1. The van der Waals surface area contributed by atoms with Crippen LogP contribution >= 0.6 is 0 Å². The summed E-state index contributed by atoms with van der Waals surface area (Å²) in [5.74, 6) is 1.89. The minimum atomic E-state index is -0.300. The van der Waals surface area contributed by atoms with Gasteiger partial charge in [-0.05, 0) is 47.7 Å². The first-order valence-corrected chi connectivity index (χ1v) is 13.6. The van der Waals surface area contributed by atoms with Crippen molar-refractivity contribution in [3.05, 3.63) is 95.9 Å². The van der Waals surface area contributed by atoms with Crippen LogP contribution in [0.4, 0.5) is 27.9 Å². The molecule has 0 saturated heterocycles. The lowest BCUT2D eigenvalue weighted by atomic mass is 9.86. The molecule has 0 aliphatic carbocycles. The lowest BCUT2D eigenvalue weighted by Crippen LogP contribution is -2.32. The van der Waals surface area contributed by atoms with E-state index in [0.717, 1.165) is 39.0 Å². The van der Waals surface area contributed by atoms with Gasteiger partial charge in [-0.3, -0.25) is 5.10 Å². The first-order valence-electron chi connectivity index (χ1n) is 13.6. The monoisotopic (exact) mass is 549 g/mol. The number of nitrogens with zero attached hydrogens (tertiary/aromatic N) is 4. The number of carbonyl (C=O) groups is 1. The number of fused-ring (bicyclic) bond motifs is 1. The molecule has 5 aromatic rings. The number of H-pyrrole nitrogens is 1. The summed E-state index contributed by atoms with van der Waals surface area (Å²) in [6, 6.07) is 21.3. The van der Waals surface area contributed by atoms with E-state index in [-0.39, 0.29) is 11.4 Å². The number of hydrogen-bond donors (Lipinski definition) is 3. The van der Waals surface area contributed by atoms with Gasteiger partial charge >= 0.3 is 6.03 Å². The molecule has 41 heavy (non-hydrogen) atoms. The van der Waals surface area contributed by atoms with E-state index >= 15 is 0 Å². The summed E-state index contributed by atoms with van der Waals surface area (Å²) in [6.45, 7) is 8.93. The van der Waals surface area contributed by atoms with Gasteiger partial charge in [-0.15, -0.1) is 0 Å². The lowest BCUT2D eigenvalue weighted by molar-refractivity contribution is 0.259. The highest BCUT2D eigenvalue weighted by molar-refractivity contribution is 6.11. The molecule has 5 rings (SSSR count). The van der Waals surface area contributed by atoms with Gasteiger partial charge in [0.05, 0.1) is 24.2 Å². The van der Waals surface area contributed by atoms with Crippen molar-refractivity contribution in [2.45, 2.75) is 39.5 Å². The highest BCUT2D eigenvalue weighted by Crippen LogP contribution is 2.35. The highest BCUT2D eigenvalue weighted by Gasteiger charge is 2.24. The van der Waals surface area contributed by atoms with Crippen molar-refractivity contribution < 1.29 is 9.53 Å². The summed E-state index contributed by atoms with van der Waals surface area (Å²) >= 11 is 0. The number of amides is 2. The summed E-state index contributed by atoms with van der Waals surface area (Å²) < 4.78 is 6.18. The zero-order chi connectivity index (χ0) is 29.0. The van der Waals surface area contributed by atoms with Crippen molar-refractivity contribution >= 4 is 39.9 Å². The number of benzene rings is 3. The minimum Gasteiger partial charge on any atom is -0.493 e. The van der Waals surface area contributed by atoms with Crippen LogP contribution in [0.25, 0.3) is 10.8 Å². The van der Waals surface area contributed by atoms with Gasteiger partial charge in [-0.2, -0.15) is 5.10 Å². The van der Waals surface area contributed by atoms with Crippen LogP contribution in [0.1, 0.15) is 37.6 Å². The van der Waals surface area contributed by atoms with E-state index in [1.165, 1.54) is 0 Å². The Labute approximate surface area is 240 Å². The number of aromatic nitrogens is 4. The van der Waals surface area contributed by atoms with Crippen LogP contribution in [0.5, 0.6) is 5.75 Å². The van der Waals surface area contributed by atoms with Crippen LogP contribution in [0.15, 0.2) is 79.1 Å². The molecule has 9 heteroatoms. The van der Waals surface area contributed by atoms with Gasteiger partial charge in [0.2, 0.25) is 5.95 Å². The quantitative estimate of drug-likeness (QED) is 0.192. The maximum atomic E-state index is 14.0. The van der Waals surface area contributed by atoms with Gasteiger partial charge in [0.1, 0.15) is 11.6 Å². The molecule has 0 saturated carbocycles. The number of rotatable bonds is 8. The van der Waals surface area contributed by atoms with Crippen molar-refractivity contribution in [3.63, 3.8) is 0 Å². The average Bonchev–Trinajstić information content (AvgIpc) is 3.49. The predicted octanol–water partition coefficient (Wildman–Crippen LogP) is 6.99. The Bertz CT molecular complexity index is 1660. The molecule has 2 amide bonds. The van der Waals surface area contributed by atoms with Gasteiger partial charge in [-0.1, -0.05) is 57.2 Å². The second-order valence-corrected chi connectivity index (χ2v) is 10.8. The second-order valence-electron chi connectivity index (χ2n) is 10.8. The number of urea groups is 1. The normalized spacial score (nSPS) is 11.3. The van der Waals surface area contributed by atoms with Gasteiger partial charge in [0.15, 0.2) is 0 Å². The highest BCUT2D eigenvalue weighted by atomic mass is 16.5. The SMILES string of the molecule is CNc1nccc(CCOc2ccc(NC(=O)N(c3ccn[nH]3)c3cc(C(C)(C)C)ccc3C)c3ccccc23)n1. The molecule has 3 N–H and O–H groups in total. The van der Waals surface area contributed by atoms with E-state index in [9.17, 15) is 4.79 Å². The Morgan fingerprint density at radius 3 is 2.54 bits per heavy atom. The molecule has 0 aliphatic heterocycles. The maximum absolute atomic E-state index is 14.0. The third kappa shape index (κ3) is 6.14. The molecule has 0 bridgehead atoms. The zero-order valence-corrected chi connectivity index (χ0v) is 24.0. The zero-order valence-electron chi connectivity index (χ0n) is 24.0. The molecule has 2 heterocycles. The minimum absolute atomic E-state index is 0.0761. The van der Waals surface area contributed by atoms with Crippen LogP contribution in [-0.4, -0.2) is 39.9 Å². The lowest BCUT2D eigenvalue weighted by Gasteiger charge is -2.27. The van der Waals surface area contributed by atoms with Crippen LogP contribution in [-0.2, 0) is 11.8 Å². The first-order chi connectivity index (χ1) is 19.7. The molecule has 0 atom stereocenters. The number of anilines is 4. The van der Waals surface area contributed by atoms with E-state index < -0.39 is 0 Å². The first kappa shape index (κ1) is 27.6. The van der Waals surface area contributed by atoms with Crippen molar-refractivity contribution in [3.8, 4) is 5.75 Å². The van der Waals surface area contributed by atoms with Crippen LogP contribution < -0.4 is 20.3 Å². The fraction of sp³-hybridized carbons (Fsp3) is 0.250.